The fraction of sp³-hybridized carbons (Fsp3) is 0.318. The zero-order valence-corrected chi connectivity index (χ0v) is 16.6. The molecule has 2 aromatic rings. The summed E-state index contributed by atoms with van der Waals surface area (Å²) in [4.78, 5) is 16.7. The quantitative estimate of drug-likeness (QED) is 0.719. The average molecular weight is 382 g/mol. The lowest BCUT2D eigenvalue weighted by Gasteiger charge is -2.35. The molecule has 3 rings (SSSR count). The first-order chi connectivity index (χ1) is 13.7. The number of anilines is 1. The Morgan fingerprint density at radius 3 is 2.04 bits per heavy atom. The fourth-order valence-electron chi connectivity index (χ4n) is 3.29. The number of rotatable bonds is 6. The molecule has 1 fully saturated rings. The first kappa shape index (κ1) is 19.6. The Hall–Kier alpha value is -3.15. The molecule has 1 amide bonds. The number of nitrogens with zero attached hydrogens (tertiary/aromatic N) is 2. The maximum absolute atomic E-state index is 12.6. The molecule has 0 bridgehead atoms. The molecule has 1 heterocycles. The second-order valence-corrected chi connectivity index (χ2v) is 6.44. The van der Waals surface area contributed by atoms with Gasteiger partial charge in [0.05, 0.1) is 21.3 Å². The Morgan fingerprint density at radius 2 is 1.50 bits per heavy atom. The predicted molar refractivity (Wildman–Crippen MR) is 110 cm³/mol. The van der Waals surface area contributed by atoms with Gasteiger partial charge in [0, 0.05) is 37.9 Å². The molecule has 2 aromatic carbocycles. The normalized spacial score (nSPS) is 14.2. The molecular weight excluding hydrogens is 356 g/mol. The molecule has 0 radical (unpaired) electrons. The maximum Gasteiger partial charge on any atom is 0.246 e. The van der Waals surface area contributed by atoms with Crippen LogP contribution in [0.3, 0.4) is 0 Å². The van der Waals surface area contributed by atoms with Crippen molar-refractivity contribution >= 4 is 17.7 Å². The Morgan fingerprint density at radius 1 is 0.893 bits per heavy atom. The highest BCUT2D eigenvalue weighted by Crippen LogP contribution is 2.38. The molecule has 0 atom stereocenters. The molecule has 0 saturated carbocycles. The van der Waals surface area contributed by atoms with Gasteiger partial charge in [-0.1, -0.05) is 18.2 Å². The highest BCUT2D eigenvalue weighted by molar-refractivity contribution is 5.92. The van der Waals surface area contributed by atoms with Crippen LogP contribution in [0.1, 0.15) is 5.56 Å². The number of carbonyl (C=O) groups excluding carboxylic acids is 1. The lowest BCUT2D eigenvalue weighted by atomic mass is 10.1. The smallest absolute Gasteiger partial charge is 0.246 e. The predicted octanol–water partition coefficient (Wildman–Crippen LogP) is 3.07. The second-order valence-electron chi connectivity index (χ2n) is 6.44. The molecule has 1 saturated heterocycles. The summed E-state index contributed by atoms with van der Waals surface area (Å²) >= 11 is 0. The van der Waals surface area contributed by atoms with Crippen LogP contribution in [0.5, 0.6) is 17.2 Å². The van der Waals surface area contributed by atoms with Crippen molar-refractivity contribution in [2.75, 3.05) is 52.4 Å². The van der Waals surface area contributed by atoms with Crippen LogP contribution in [0, 0.1) is 0 Å². The van der Waals surface area contributed by atoms with Gasteiger partial charge in [0.2, 0.25) is 11.7 Å². The molecule has 1 aliphatic heterocycles. The summed E-state index contributed by atoms with van der Waals surface area (Å²) in [6.07, 6.45) is 3.37. The fourth-order valence-corrected chi connectivity index (χ4v) is 3.29. The van der Waals surface area contributed by atoms with Crippen LogP contribution in [-0.4, -0.2) is 58.3 Å². The Bertz CT molecular complexity index is 803. The summed E-state index contributed by atoms with van der Waals surface area (Å²) < 4.78 is 16.0. The Kier molecular flexibility index (Phi) is 6.42. The monoisotopic (exact) mass is 382 g/mol. The highest BCUT2D eigenvalue weighted by atomic mass is 16.5. The minimum atomic E-state index is 0.00136. The van der Waals surface area contributed by atoms with Crippen molar-refractivity contribution in [1.29, 1.82) is 0 Å². The van der Waals surface area contributed by atoms with Crippen molar-refractivity contribution in [2.24, 2.45) is 0 Å². The minimum absolute atomic E-state index is 0.00136. The van der Waals surface area contributed by atoms with Crippen molar-refractivity contribution in [3.63, 3.8) is 0 Å². The van der Waals surface area contributed by atoms with E-state index in [1.165, 1.54) is 5.69 Å². The molecule has 28 heavy (non-hydrogen) atoms. The van der Waals surface area contributed by atoms with E-state index in [9.17, 15) is 4.79 Å². The van der Waals surface area contributed by atoms with Crippen molar-refractivity contribution in [3.05, 3.63) is 54.1 Å². The summed E-state index contributed by atoms with van der Waals surface area (Å²) in [5, 5.41) is 0. The van der Waals surface area contributed by atoms with E-state index in [0.717, 1.165) is 18.7 Å². The standard InChI is InChI=1S/C22H26N2O4/c1-26-19-15-17(16-20(27-2)22(19)28-3)9-10-21(25)24-13-11-23(12-14-24)18-7-5-4-6-8-18/h4-10,15-16H,11-14H2,1-3H3/b10-9+. The number of methoxy groups -OCH3 is 3. The van der Waals surface area contributed by atoms with Crippen LogP contribution in [-0.2, 0) is 4.79 Å². The van der Waals surface area contributed by atoms with Crippen LogP contribution >= 0.6 is 0 Å². The van der Waals surface area contributed by atoms with Gasteiger partial charge in [-0.15, -0.1) is 0 Å². The van der Waals surface area contributed by atoms with Crippen LogP contribution in [0.4, 0.5) is 5.69 Å². The van der Waals surface area contributed by atoms with E-state index in [-0.39, 0.29) is 5.91 Å². The van der Waals surface area contributed by atoms with E-state index in [0.29, 0.717) is 30.3 Å². The number of piperazine rings is 1. The SMILES string of the molecule is COc1cc(/C=C/C(=O)N2CCN(c3ccccc3)CC2)cc(OC)c1OC. The Balaban J connectivity index is 1.64. The Labute approximate surface area is 165 Å². The minimum Gasteiger partial charge on any atom is -0.493 e. The molecular formula is C22H26N2O4. The van der Waals surface area contributed by atoms with Gasteiger partial charge in [-0.2, -0.15) is 0 Å². The van der Waals surface area contributed by atoms with Gasteiger partial charge >= 0.3 is 0 Å². The molecule has 0 spiro atoms. The van der Waals surface area contributed by atoms with Gasteiger partial charge in [0.15, 0.2) is 11.5 Å². The molecule has 1 aliphatic rings. The van der Waals surface area contributed by atoms with Gasteiger partial charge in [0.1, 0.15) is 0 Å². The highest BCUT2D eigenvalue weighted by Gasteiger charge is 2.20. The van der Waals surface area contributed by atoms with E-state index in [1.54, 1.807) is 33.5 Å². The van der Waals surface area contributed by atoms with E-state index < -0.39 is 0 Å². The topological polar surface area (TPSA) is 51.2 Å². The molecule has 6 nitrogen and oxygen atoms in total. The van der Waals surface area contributed by atoms with Gasteiger partial charge in [-0.25, -0.2) is 0 Å². The van der Waals surface area contributed by atoms with Gasteiger partial charge in [-0.3, -0.25) is 4.79 Å². The van der Waals surface area contributed by atoms with Crippen molar-refractivity contribution in [1.82, 2.24) is 4.90 Å². The number of hydrogen-bond acceptors (Lipinski definition) is 5. The molecule has 148 valence electrons. The largest absolute Gasteiger partial charge is 0.493 e. The first-order valence-corrected chi connectivity index (χ1v) is 9.23. The van der Waals surface area contributed by atoms with Crippen molar-refractivity contribution < 1.29 is 19.0 Å². The number of benzene rings is 2. The summed E-state index contributed by atoms with van der Waals surface area (Å²) in [5.41, 5.74) is 2.01. The van der Waals surface area contributed by atoms with E-state index in [4.69, 9.17) is 14.2 Å². The lowest BCUT2D eigenvalue weighted by molar-refractivity contribution is -0.126. The molecule has 0 aliphatic carbocycles. The van der Waals surface area contributed by atoms with Crippen LogP contribution in [0.25, 0.3) is 6.08 Å². The zero-order valence-electron chi connectivity index (χ0n) is 16.6. The lowest BCUT2D eigenvalue weighted by Crippen LogP contribution is -2.48. The number of hydrogen-bond donors (Lipinski definition) is 0. The molecule has 0 unspecified atom stereocenters. The van der Waals surface area contributed by atoms with Crippen molar-refractivity contribution in [2.45, 2.75) is 0 Å². The first-order valence-electron chi connectivity index (χ1n) is 9.23. The van der Waals surface area contributed by atoms with Gasteiger partial charge in [-0.05, 0) is 35.9 Å². The number of carbonyl (C=O) groups is 1. The zero-order chi connectivity index (χ0) is 19.9. The summed E-state index contributed by atoms with van der Waals surface area (Å²) in [6, 6.07) is 13.9. The maximum atomic E-state index is 12.6. The van der Waals surface area contributed by atoms with Gasteiger partial charge < -0.3 is 24.0 Å². The number of para-hydroxylation sites is 1. The summed E-state index contributed by atoms with van der Waals surface area (Å²) in [6.45, 7) is 3.06. The van der Waals surface area contributed by atoms with Crippen LogP contribution in [0.2, 0.25) is 0 Å². The third kappa shape index (κ3) is 4.39. The summed E-state index contributed by atoms with van der Waals surface area (Å²) in [5.74, 6) is 1.66. The van der Waals surface area contributed by atoms with E-state index in [1.807, 2.05) is 35.2 Å². The average Bonchev–Trinajstić information content (AvgIpc) is 2.77. The third-order valence-electron chi connectivity index (χ3n) is 4.82. The number of amides is 1. The van der Waals surface area contributed by atoms with Crippen LogP contribution < -0.4 is 19.1 Å². The molecule has 6 heteroatoms. The number of ether oxygens (including phenoxy) is 3. The van der Waals surface area contributed by atoms with Crippen molar-refractivity contribution in [3.8, 4) is 17.2 Å². The molecule has 0 N–H and O–H groups in total. The van der Waals surface area contributed by atoms with Crippen LogP contribution in [0.15, 0.2) is 48.5 Å². The van der Waals surface area contributed by atoms with Gasteiger partial charge in [0.25, 0.3) is 0 Å². The second kappa shape index (κ2) is 9.17. The molecule has 0 aromatic heterocycles. The summed E-state index contributed by atoms with van der Waals surface area (Å²) in [7, 11) is 4.71. The third-order valence-corrected chi connectivity index (χ3v) is 4.82. The van der Waals surface area contributed by atoms with E-state index in [2.05, 4.69) is 17.0 Å². The van der Waals surface area contributed by atoms with E-state index >= 15 is 0 Å².